The van der Waals surface area contributed by atoms with Gasteiger partial charge in [-0.3, -0.25) is 4.98 Å². The monoisotopic (exact) mass is 197 g/mol. The quantitative estimate of drug-likeness (QED) is 0.760. The van der Waals surface area contributed by atoms with Gasteiger partial charge in [0.2, 0.25) is 0 Å². The van der Waals surface area contributed by atoms with Crippen LogP contribution < -0.4 is 5.32 Å². The zero-order valence-electron chi connectivity index (χ0n) is 8.27. The summed E-state index contributed by atoms with van der Waals surface area (Å²) in [6, 6.07) is 6.19. The summed E-state index contributed by atoms with van der Waals surface area (Å²) in [7, 11) is 0. The molecule has 3 nitrogen and oxygen atoms in total. The summed E-state index contributed by atoms with van der Waals surface area (Å²) in [6.07, 6.45) is 6.61. The zero-order valence-corrected chi connectivity index (χ0v) is 8.27. The van der Waals surface area contributed by atoms with Crippen LogP contribution in [0, 0.1) is 0 Å². The molecule has 2 aromatic rings. The number of hydrogen-bond donors (Lipinski definition) is 1. The third kappa shape index (κ3) is 1.46. The Balaban J connectivity index is 2.07. The lowest BCUT2D eigenvalue weighted by molar-refractivity contribution is 1.11. The van der Waals surface area contributed by atoms with Crippen LogP contribution in [0.2, 0.25) is 0 Å². The molecule has 3 rings (SSSR count). The van der Waals surface area contributed by atoms with E-state index >= 15 is 0 Å². The summed E-state index contributed by atoms with van der Waals surface area (Å²) in [5.74, 6) is 1.03. The molecule has 0 aliphatic carbocycles. The Kier molecular flexibility index (Phi) is 1.88. The third-order valence-corrected chi connectivity index (χ3v) is 2.65. The van der Waals surface area contributed by atoms with Crippen LogP contribution in [0.4, 0.5) is 5.82 Å². The molecule has 0 bridgehead atoms. The first-order valence-corrected chi connectivity index (χ1v) is 5.07. The Bertz CT molecular complexity index is 479. The maximum atomic E-state index is 4.40. The molecule has 0 amide bonds. The average Bonchev–Trinajstić information content (AvgIpc) is 2.77. The van der Waals surface area contributed by atoms with Gasteiger partial charge >= 0.3 is 0 Å². The fourth-order valence-corrected chi connectivity index (χ4v) is 1.87. The second kappa shape index (κ2) is 3.35. The summed E-state index contributed by atoms with van der Waals surface area (Å²) in [6.45, 7) is 0.999. The van der Waals surface area contributed by atoms with Crippen molar-refractivity contribution in [1.29, 1.82) is 0 Å². The molecule has 0 spiro atoms. The van der Waals surface area contributed by atoms with Crippen LogP contribution in [-0.4, -0.2) is 16.5 Å². The van der Waals surface area contributed by atoms with Crippen molar-refractivity contribution in [2.45, 2.75) is 6.42 Å². The molecule has 2 aromatic heterocycles. The van der Waals surface area contributed by atoms with Gasteiger partial charge in [-0.15, -0.1) is 0 Å². The first-order chi connectivity index (χ1) is 7.43. The highest BCUT2D eigenvalue weighted by atomic mass is 15.0. The summed E-state index contributed by atoms with van der Waals surface area (Å²) in [4.78, 5) is 8.51. The SMILES string of the molecule is c1cncc(-c2cnc3c(c2)CCN3)c1. The molecule has 0 fully saturated rings. The number of anilines is 1. The number of nitrogens with one attached hydrogen (secondary N) is 1. The van der Waals surface area contributed by atoms with Crippen molar-refractivity contribution in [3.8, 4) is 11.1 Å². The van der Waals surface area contributed by atoms with Gasteiger partial charge in [0.15, 0.2) is 0 Å². The molecule has 0 radical (unpaired) electrons. The van der Waals surface area contributed by atoms with Crippen molar-refractivity contribution in [2.75, 3.05) is 11.9 Å². The standard InChI is InChI=1S/C12H11N3/c1-2-10(7-13-4-1)11-6-9-3-5-14-12(9)15-8-11/h1-2,4,6-8H,3,5H2,(H,14,15). The van der Waals surface area contributed by atoms with Gasteiger partial charge < -0.3 is 5.32 Å². The summed E-state index contributed by atoms with van der Waals surface area (Å²) in [5, 5.41) is 3.25. The maximum Gasteiger partial charge on any atom is 0.129 e. The topological polar surface area (TPSA) is 37.8 Å². The van der Waals surface area contributed by atoms with Crippen molar-refractivity contribution < 1.29 is 0 Å². The molecule has 0 aromatic carbocycles. The molecule has 3 heterocycles. The Morgan fingerprint density at radius 1 is 1.20 bits per heavy atom. The number of hydrogen-bond acceptors (Lipinski definition) is 3. The van der Waals surface area contributed by atoms with Gasteiger partial charge in [0.1, 0.15) is 5.82 Å². The maximum absolute atomic E-state index is 4.40. The van der Waals surface area contributed by atoms with Crippen molar-refractivity contribution in [3.05, 3.63) is 42.4 Å². The van der Waals surface area contributed by atoms with Crippen LogP contribution in [-0.2, 0) is 6.42 Å². The number of fused-ring (bicyclic) bond motifs is 1. The summed E-state index contributed by atoms with van der Waals surface area (Å²) >= 11 is 0. The number of nitrogens with zero attached hydrogens (tertiary/aromatic N) is 2. The molecule has 0 atom stereocenters. The fourth-order valence-electron chi connectivity index (χ4n) is 1.87. The van der Waals surface area contributed by atoms with Crippen LogP contribution in [0.5, 0.6) is 0 Å². The van der Waals surface area contributed by atoms with Gasteiger partial charge in [-0.2, -0.15) is 0 Å². The lowest BCUT2D eigenvalue weighted by atomic mass is 10.1. The van der Waals surface area contributed by atoms with Crippen molar-refractivity contribution in [3.63, 3.8) is 0 Å². The van der Waals surface area contributed by atoms with Gasteiger partial charge in [-0.25, -0.2) is 4.98 Å². The molecule has 0 unspecified atom stereocenters. The molecule has 1 N–H and O–H groups in total. The first-order valence-electron chi connectivity index (χ1n) is 5.07. The molecule has 74 valence electrons. The van der Waals surface area contributed by atoms with Crippen molar-refractivity contribution in [2.24, 2.45) is 0 Å². The van der Waals surface area contributed by atoms with E-state index in [4.69, 9.17) is 0 Å². The van der Waals surface area contributed by atoms with E-state index in [9.17, 15) is 0 Å². The van der Waals surface area contributed by atoms with Gasteiger partial charge in [0.05, 0.1) is 0 Å². The Labute approximate surface area is 88.2 Å². The van der Waals surface area contributed by atoms with Gasteiger partial charge in [0, 0.05) is 36.3 Å². The van der Waals surface area contributed by atoms with Crippen LogP contribution >= 0.6 is 0 Å². The Hall–Kier alpha value is -1.90. The molecular formula is C12H11N3. The van der Waals surface area contributed by atoms with Gasteiger partial charge in [-0.05, 0) is 24.1 Å². The van der Waals surface area contributed by atoms with E-state index in [1.807, 2.05) is 18.5 Å². The first kappa shape index (κ1) is 8.41. The van der Waals surface area contributed by atoms with Crippen LogP contribution in [0.3, 0.4) is 0 Å². The highest BCUT2D eigenvalue weighted by Crippen LogP contribution is 2.25. The van der Waals surface area contributed by atoms with Gasteiger partial charge in [0.25, 0.3) is 0 Å². The molecule has 1 aliphatic heterocycles. The molecule has 1 aliphatic rings. The van der Waals surface area contributed by atoms with Crippen molar-refractivity contribution >= 4 is 5.82 Å². The zero-order chi connectivity index (χ0) is 10.1. The van der Waals surface area contributed by atoms with Crippen LogP contribution in [0.15, 0.2) is 36.8 Å². The minimum Gasteiger partial charge on any atom is -0.370 e. The number of aromatic nitrogens is 2. The molecule has 3 heteroatoms. The smallest absolute Gasteiger partial charge is 0.129 e. The number of rotatable bonds is 1. The Morgan fingerprint density at radius 3 is 3.07 bits per heavy atom. The van der Waals surface area contributed by atoms with Crippen LogP contribution in [0.1, 0.15) is 5.56 Å². The molecule has 0 saturated carbocycles. The minimum absolute atomic E-state index is 0.999. The van der Waals surface area contributed by atoms with E-state index in [-0.39, 0.29) is 0 Å². The minimum atomic E-state index is 0.999. The molecule has 0 saturated heterocycles. The van der Waals surface area contributed by atoms with E-state index in [1.54, 1.807) is 6.20 Å². The number of pyridine rings is 2. The molecular weight excluding hydrogens is 186 g/mol. The lowest BCUT2D eigenvalue weighted by Crippen LogP contribution is -1.92. The highest BCUT2D eigenvalue weighted by Gasteiger charge is 2.11. The van der Waals surface area contributed by atoms with E-state index in [1.165, 1.54) is 5.56 Å². The van der Waals surface area contributed by atoms with Crippen molar-refractivity contribution in [1.82, 2.24) is 9.97 Å². The fraction of sp³-hybridized carbons (Fsp3) is 0.167. The van der Waals surface area contributed by atoms with E-state index in [0.717, 1.165) is 29.9 Å². The predicted octanol–water partition coefficient (Wildman–Crippen LogP) is 2.11. The van der Waals surface area contributed by atoms with E-state index in [2.05, 4.69) is 27.4 Å². The summed E-state index contributed by atoms with van der Waals surface area (Å²) in [5.41, 5.74) is 3.57. The normalized spacial score (nSPS) is 13.3. The Morgan fingerprint density at radius 2 is 2.20 bits per heavy atom. The summed E-state index contributed by atoms with van der Waals surface area (Å²) < 4.78 is 0. The second-order valence-corrected chi connectivity index (χ2v) is 3.65. The molecule has 15 heavy (non-hydrogen) atoms. The third-order valence-electron chi connectivity index (χ3n) is 2.65. The van der Waals surface area contributed by atoms with E-state index in [0.29, 0.717) is 0 Å². The predicted molar refractivity (Wildman–Crippen MR) is 59.7 cm³/mol. The second-order valence-electron chi connectivity index (χ2n) is 3.65. The van der Waals surface area contributed by atoms with Gasteiger partial charge in [-0.1, -0.05) is 6.07 Å². The lowest BCUT2D eigenvalue weighted by Gasteiger charge is -2.03. The average molecular weight is 197 g/mol. The van der Waals surface area contributed by atoms with Crippen LogP contribution in [0.25, 0.3) is 11.1 Å². The van der Waals surface area contributed by atoms with E-state index < -0.39 is 0 Å². The highest BCUT2D eigenvalue weighted by molar-refractivity contribution is 5.65. The largest absolute Gasteiger partial charge is 0.370 e.